The standard InChI is InChI=1S/C24H30ClN5O5/c1-35-15-8-14-10-19(28-20(14)16(25)11-15)24(34)30-18(7-12-4-5-12)23(33)29-17(21(26)31)9-13-3-2-6-27-22(13)32/h8,10-13,17-18,28H,2-7,9H2,1H3,(H2,26,31)(H,27,32)(H,29,33)(H,30,34)/t13-,17?,18?/m0/s1. The van der Waals surface area contributed by atoms with E-state index in [0.717, 1.165) is 19.3 Å². The van der Waals surface area contributed by atoms with Crippen molar-refractivity contribution in [1.29, 1.82) is 0 Å². The molecule has 4 amide bonds. The number of hydrogen-bond acceptors (Lipinski definition) is 5. The number of nitrogens with one attached hydrogen (secondary N) is 4. The van der Waals surface area contributed by atoms with Gasteiger partial charge in [0, 0.05) is 23.9 Å². The van der Waals surface area contributed by atoms with E-state index < -0.39 is 35.7 Å². The maximum Gasteiger partial charge on any atom is 0.268 e. The Bertz CT molecular complexity index is 1140. The molecule has 0 bridgehead atoms. The number of primary amides is 1. The van der Waals surface area contributed by atoms with Gasteiger partial charge in [-0.2, -0.15) is 0 Å². The number of aromatic amines is 1. The van der Waals surface area contributed by atoms with Crippen molar-refractivity contribution in [3.63, 3.8) is 0 Å². The Hall–Kier alpha value is -3.27. The number of carbonyl (C=O) groups is 4. The van der Waals surface area contributed by atoms with Gasteiger partial charge in [0.15, 0.2) is 0 Å². The van der Waals surface area contributed by atoms with Gasteiger partial charge >= 0.3 is 0 Å². The summed E-state index contributed by atoms with van der Waals surface area (Å²) in [4.78, 5) is 53.3. The molecule has 188 valence electrons. The zero-order valence-corrected chi connectivity index (χ0v) is 20.2. The molecule has 2 unspecified atom stereocenters. The first-order valence-electron chi connectivity index (χ1n) is 11.8. The summed E-state index contributed by atoms with van der Waals surface area (Å²) in [6.45, 7) is 0.601. The minimum absolute atomic E-state index is 0.124. The Morgan fingerprint density at radius 1 is 1.14 bits per heavy atom. The lowest BCUT2D eigenvalue weighted by Gasteiger charge is -2.27. The molecule has 0 spiro atoms. The van der Waals surface area contributed by atoms with E-state index in [0.29, 0.717) is 47.0 Å². The third kappa shape index (κ3) is 6.05. The summed E-state index contributed by atoms with van der Waals surface area (Å²) in [5.41, 5.74) is 6.36. The molecule has 1 saturated carbocycles. The third-order valence-electron chi connectivity index (χ3n) is 6.60. The molecule has 35 heavy (non-hydrogen) atoms. The summed E-state index contributed by atoms with van der Waals surface area (Å²) in [6, 6.07) is 3.17. The average Bonchev–Trinajstić information content (AvgIpc) is 3.53. The molecule has 1 saturated heterocycles. The quantitative estimate of drug-likeness (QED) is 0.333. The Labute approximate surface area is 207 Å². The number of piperidine rings is 1. The highest BCUT2D eigenvalue weighted by Gasteiger charge is 2.34. The molecule has 4 rings (SSSR count). The smallest absolute Gasteiger partial charge is 0.268 e. The molecule has 0 radical (unpaired) electrons. The van der Waals surface area contributed by atoms with Crippen molar-refractivity contribution in [2.45, 2.75) is 50.6 Å². The van der Waals surface area contributed by atoms with Crippen LogP contribution in [0.4, 0.5) is 0 Å². The highest BCUT2D eigenvalue weighted by molar-refractivity contribution is 6.35. The van der Waals surface area contributed by atoms with Gasteiger partial charge < -0.3 is 31.4 Å². The van der Waals surface area contributed by atoms with E-state index in [2.05, 4.69) is 20.9 Å². The van der Waals surface area contributed by atoms with Gasteiger partial charge in [-0.25, -0.2) is 0 Å². The normalized spacial score (nSPS) is 19.5. The van der Waals surface area contributed by atoms with Crippen LogP contribution in [0.1, 0.15) is 49.0 Å². The van der Waals surface area contributed by atoms with Crippen LogP contribution in [0.15, 0.2) is 18.2 Å². The molecule has 11 heteroatoms. The predicted octanol–water partition coefficient (Wildman–Crippen LogP) is 1.61. The molecular formula is C24H30ClN5O5. The first-order chi connectivity index (χ1) is 16.7. The second-order valence-corrected chi connectivity index (χ2v) is 9.70. The molecular weight excluding hydrogens is 474 g/mol. The lowest BCUT2D eigenvalue weighted by Crippen LogP contribution is -2.54. The maximum atomic E-state index is 13.1. The van der Waals surface area contributed by atoms with Gasteiger partial charge in [0.1, 0.15) is 23.5 Å². The van der Waals surface area contributed by atoms with Gasteiger partial charge in [-0.05, 0) is 43.7 Å². The van der Waals surface area contributed by atoms with E-state index in [1.54, 1.807) is 18.2 Å². The first-order valence-corrected chi connectivity index (χ1v) is 12.2. The average molecular weight is 504 g/mol. The van der Waals surface area contributed by atoms with Crippen LogP contribution in [0.3, 0.4) is 0 Å². The molecule has 2 fully saturated rings. The van der Waals surface area contributed by atoms with Gasteiger partial charge in [-0.1, -0.05) is 24.4 Å². The van der Waals surface area contributed by atoms with Gasteiger partial charge in [0.2, 0.25) is 17.7 Å². The number of nitrogens with two attached hydrogens (primary N) is 1. The molecule has 1 aliphatic heterocycles. The minimum atomic E-state index is -1.01. The molecule has 2 aromatic rings. The number of H-pyrrole nitrogens is 1. The van der Waals surface area contributed by atoms with Crippen LogP contribution in [-0.2, 0) is 14.4 Å². The van der Waals surface area contributed by atoms with E-state index >= 15 is 0 Å². The third-order valence-corrected chi connectivity index (χ3v) is 6.90. The summed E-state index contributed by atoms with van der Waals surface area (Å²) in [5.74, 6) is -1.35. The van der Waals surface area contributed by atoms with E-state index in [1.807, 2.05) is 0 Å². The SMILES string of the molecule is COc1cc(Cl)c2[nH]c(C(=O)NC(CC3CC3)C(=O)NC(C[C@@H]3CCCNC3=O)C(N)=O)cc2c1. The molecule has 2 aliphatic rings. The van der Waals surface area contributed by atoms with Crippen LogP contribution in [0, 0.1) is 11.8 Å². The number of amides is 4. The lowest BCUT2D eigenvalue weighted by atomic mass is 9.91. The van der Waals surface area contributed by atoms with Crippen molar-refractivity contribution in [1.82, 2.24) is 20.9 Å². The number of ether oxygens (including phenoxy) is 1. The van der Waals surface area contributed by atoms with Crippen LogP contribution in [-0.4, -0.2) is 54.4 Å². The fraction of sp³-hybridized carbons (Fsp3) is 0.500. The Kier molecular flexibility index (Phi) is 7.49. The minimum Gasteiger partial charge on any atom is -0.497 e. The zero-order chi connectivity index (χ0) is 25.1. The number of carbonyl (C=O) groups excluding carboxylic acids is 4. The highest BCUT2D eigenvalue weighted by atomic mass is 35.5. The first kappa shape index (κ1) is 24.8. The number of fused-ring (bicyclic) bond motifs is 1. The molecule has 2 heterocycles. The van der Waals surface area contributed by atoms with Crippen LogP contribution >= 0.6 is 11.6 Å². The number of halogens is 1. The van der Waals surface area contributed by atoms with Crippen LogP contribution in [0.2, 0.25) is 5.02 Å². The van der Waals surface area contributed by atoms with Crippen molar-refractivity contribution in [3.8, 4) is 5.75 Å². The van der Waals surface area contributed by atoms with Crippen LogP contribution in [0.25, 0.3) is 10.9 Å². The number of methoxy groups -OCH3 is 1. The van der Waals surface area contributed by atoms with Gasteiger partial charge in [-0.15, -0.1) is 0 Å². The van der Waals surface area contributed by atoms with E-state index in [-0.39, 0.29) is 18.0 Å². The van der Waals surface area contributed by atoms with Crippen molar-refractivity contribution in [3.05, 3.63) is 28.9 Å². The van der Waals surface area contributed by atoms with Gasteiger partial charge in [-0.3, -0.25) is 19.2 Å². The summed E-state index contributed by atoms with van der Waals surface area (Å²) in [6.07, 6.45) is 3.95. The second-order valence-electron chi connectivity index (χ2n) is 9.29. The predicted molar refractivity (Wildman–Crippen MR) is 130 cm³/mol. The Balaban J connectivity index is 1.47. The van der Waals surface area contributed by atoms with Gasteiger partial charge in [0.05, 0.1) is 17.6 Å². The molecule has 1 aliphatic carbocycles. The summed E-state index contributed by atoms with van der Waals surface area (Å²) in [7, 11) is 1.53. The Morgan fingerprint density at radius 3 is 2.57 bits per heavy atom. The summed E-state index contributed by atoms with van der Waals surface area (Å²) >= 11 is 6.29. The fourth-order valence-corrected chi connectivity index (χ4v) is 4.70. The van der Waals surface area contributed by atoms with E-state index in [4.69, 9.17) is 22.1 Å². The monoisotopic (exact) mass is 503 g/mol. The Morgan fingerprint density at radius 2 is 1.91 bits per heavy atom. The van der Waals surface area contributed by atoms with Gasteiger partial charge in [0.25, 0.3) is 5.91 Å². The number of aromatic nitrogens is 1. The van der Waals surface area contributed by atoms with Crippen LogP contribution in [0.5, 0.6) is 5.75 Å². The van der Waals surface area contributed by atoms with Crippen LogP contribution < -0.4 is 26.4 Å². The summed E-state index contributed by atoms with van der Waals surface area (Å²) in [5, 5.41) is 9.32. The van der Waals surface area contributed by atoms with Crippen molar-refractivity contribution in [2.75, 3.05) is 13.7 Å². The topological polar surface area (TPSA) is 155 Å². The molecule has 3 atom stereocenters. The van der Waals surface area contributed by atoms with Crippen molar-refractivity contribution < 1.29 is 23.9 Å². The van der Waals surface area contributed by atoms with E-state index in [1.165, 1.54) is 7.11 Å². The van der Waals surface area contributed by atoms with Crippen molar-refractivity contribution >= 4 is 46.1 Å². The fourth-order valence-electron chi connectivity index (χ4n) is 4.43. The number of hydrogen-bond donors (Lipinski definition) is 5. The number of rotatable bonds is 10. The number of benzene rings is 1. The maximum absolute atomic E-state index is 13.1. The lowest BCUT2D eigenvalue weighted by molar-refractivity contribution is -0.131. The second kappa shape index (κ2) is 10.6. The zero-order valence-electron chi connectivity index (χ0n) is 19.5. The van der Waals surface area contributed by atoms with E-state index in [9.17, 15) is 19.2 Å². The largest absolute Gasteiger partial charge is 0.497 e. The van der Waals surface area contributed by atoms with Crippen molar-refractivity contribution in [2.24, 2.45) is 17.6 Å². The summed E-state index contributed by atoms with van der Waals surface area (Å²) < 4.78 is 5.22. The molecule has 6 N–H and O–H groups in total. The highest BCUT2D eigenvalue weighted by Crippen LogP contribution is 2.34. The molecule has 10 nitrogen and oxygen atoms in total. The molecule has 1 aromatic carbocycles. The molecule has 1 aromatic heterocycles.